The highest BCUT2D eigenvalue weighted by molar-refractivity contribution is 6.03. The molecule has 1 aliphatic heterocycles. The first-order valence-corrected chi connectivity index (χ1v) is 9.17. The van der Waals surface area contributed by atoms with Gasteiger partial charge in [-0.05, 0) is 56.5 Å². The summed E-state index contributed by atoms with van der Waals surface area (Å²) >= 11 is 0. The number of carbonyl (C=O) groups is 2. The summed E-state index contributed by atoms with van der Waals surface area (Å²) in [5.41, 5.74) is 1.72. The molecular weight excluding hydrogens is 330 g/mol. The second-order valence-electron chi connectivity index (χ2n) is 6.98. The third kappa shape index (κ3) is 3.94. The van der Waals surface area contributed by atoms with Crippen molar-refractivity contribution < 1.29 is 9.59 Å². The highest BCUT2D eigenvalue weighted by Crippen LogP contribution is 2.30. The SMILES string of the molecule is O=C(Nc1cccc(NC(=O)C2CC2)c1)c1ccn(C2CCCNC2)n1. The van der Waals surface area contributed by atoms with Gasteiger partial charge in [-0.15, -0.1) is 0 Å². The molecule has 2 amide bonds. The number of hydrogen-bond donors (Lipinski definition) is 3. The number of amides is 2. The van der Waals surface area contributed by atoms with Gasteiger partial charge in [0.05, 0.1) is 6.04 Å². The minimum Gasteiger partial charge on any atom is -0.326 e. The number of hydrogen-bond acceptors (Lipinski definition) is 4. The number of nitrogens with one attached hydrogen (secondary N) is 3. The normalized spacial score (nSPS) is 19.8. The van der Waals surface area contributed by atoms with Crippen LogP contribution < -0.4 is 16.0 Å². The van der Waals surface area contributed by atoms with Gasteiger partial charge in [0.1, 0.15) is 0 Å². The van der Waals surface area contributed by atoms with Crippen LogP contribution in [-0.4, -0.2) is 34.7 Å². The standard InChI is InChI=1S/C19H23N5O2/c25-18(13-6-7-13)21-14-3-1-4-15(11-14)22-19(26)17-8-10-24(23-17)16-5-2-9-20-12-16/h1,3-4,8,10-11,13,16,20H,2,5-7,9,12H2,(H,21,25)(H,22,26). The number of aromatic nitrogens is 2. The Labute approximate surface area is 152 Å². The van der Waals surface area contributed by atoms with Gasteiger partial charge in [-0.2, -0.15) is 5.10 Å². The maximum Gasteiger partial charge on any atom is 0.276 e. The van der Waals surface area contributed by atoms with Crippen molar-refractivity contribution in [3.05, 3.63) is 42.2 Å². The monoisotopic (exact) mass is 353 g/mol. The number of benzene rings is 1. The lowest BCUT2D eigenvalue weighted by Crippen LogP contribution is -2.32. The van der Waals surface area contributed by atoms with E-state index in [1.807, 2.05) is 23.0 Å². The number of piperidine rings is 1. The molecule has 4 rings (SSSR count). The molecule has 3 N–H and O–H groups in total. The number of carbonyl (C=O) groups excluding carboxylic acids is 2. The topological polar surface area (TPSA) is 88.0 Å². The first kappa shape index (κ1) is 16.8. The van der Waals surface area contributed by atoms with E-state index in [1.54, 1.807) is 18.2 Å². The average Bonchev–Trinajstić information content (AvgIpc) is 3.39. The molecule has 2 fully saturated rings. The first-order chi connectivity index (χ1) is 12.7. The van der Waals surface area contributed by atoms with Crippen LogP contribution in [0.2, 0.25) is 0 Å². The van der Waals surface area contributed by atoms with Gasteiger partial charge >= 0.3 is 0 Å². The zero-order valence-electron chi connectivity index (χ0n) is 14.6. The number of anilines is 2. The summed E-state index contributed by atoms with van der Waals surface area (Å²) in [5, 5.41) is 13.5. The molecule has 1 atom stereocenters. The number of nitrogens with zero attached hydrogens (tertiary/aromatic N) is 2. The minimum absolute atomic E-state index is 0.0494. The minimum atomic E-state index is -0.252. The molecular formula is C19H23N5O2. The van der Waals surface area contributed by atoms with Crippen LogP contribution in [0, 0.1) is 5.92 Å². The highest BCUT2D eigenvalue weighted by atomic mass is 16.2. The summed E-state index contributed by atoms with van der Waals surface area (Å²) < 4.78 is 1.87. The summed E-state index contributed by atoms with van der Waals surface area (Å²) in [6.45, 7) is 1.92. The Morgan fingerprint density at radius 2 is 1.92 bits per heavy atom. The fraction of sp³-hybridized carbons (Fsp3) is 0.421. The van der Waals surface area contributed by atoms with Crippen molar-refractivity contribution in [3.8, 4) is 0 Å². The van der Waals surface area contributed by atoms with E-state index in [9.17, 15) is 9.59 Å². The van der Waals surface area contributed by atoms with Crippen LogP contribution in [0.3, 0.4) is 0 Å². The van der Waals surface area contributed by atoms with Crippen molar-refractivity contribution >= 4 is 23.2 Å². The summed E-state index contributed by atoms with van der Waals surface area (Å²) in [4.78, 5) is 24.3. The van der Waals surface area contributed by atoms with Crippen LogP contribution in [0.1, 0.15) is 42.2 Å². The first-order valence-electron chi connectivity index (χ1n) is 9.17. The van der Waals surface area contributed by atoms with Crippen molar-refractivity contribution in [2.24, 2.45) is 5.92 Å². The van der Waals surface area contributed by atoms with E-state index in [2.05, 4.69) is 21.0 Å². The van der Waals surface area contributed by atoms with E-state index < -0.39 is 0 Å². The molecule has 7 heteroatoms. The van der Waals surface area contributed by atoms with Crippen LogP contribution in [0.5, 0.6) is 0 Å². The van der Waals surface area contributed by atoms with E-state index in [0.29, 0.717) is 23.1 Å². The van der Waals surface area contributed by atoms with Crippen LogP contribution in [0.15, 0.2) is 36.5 Å². The predicted octanol–water partition coefficient (Wildman–Crippen LogP) is 2.41. The third-order valence-corrected chi connectivity index (χ3v) is 4.82. The Morgan fingerprint density at radius 3 is 2.65 bits per heavy atom. The molecule has 0 spiro atoms. The maximum absolute atomic E-state index is 12.5. The van der Waals surface area contributed by atoms with Crippen molar-refractivity contribution in [1.29, 1.82) is 0 Å². The largest absolute Gasteiger partial charge is 0.326 e. The molecule has 26 heavy (non-hydrogen) atoms. The summed E-state index contributed by atoms with van der Waals surface area (Å²) in [5.74, 6) is -0.0574. The van der Waals surface area contributed by atoms with E-state index >= 15 is 0 Å². The zero-order chi connectivity index (χ0) is 17.9. The second kappa shape index (κ2) is 7.29. The van der Waals surface area contributed by atoms with E-state index in [4.69, 9.17) is 0 Å². The smallest absolute Gasteiger partial charge is 0.276 e. The summed E-state index contributed by atoms with van der Waals surface area (Å²) in [6, 6.07) is 9.23. The van der Waals surface area contributed by atoms with Crippen molar-refractivity contribution in [3.63, 3.8) is 0 Å². The van der Waals surface area contributed by atoms with Crippen LogP contribution in [-0.2, 0) is 4.79 Å². The predicted molar refractivity (Wildman–Crippen MR) is 99.1 cm³/mol. The van der Waals surface area contributed by atoms with Gasteiger partial charge in [-0.25, -0.2) is 0 Å². The van der Waals surface area contributed by atoms with Gasteiger partial charge in [-0.3, -0.25) is 14.3 Å². The molecule has 1 aromatic carbocycles. The van der Waals surface area contributed by atoms with Gasteiger partial charge in [0.25, 0.3) is 5.91 Å². The molecule has 2 heterocycles. The van der Waals surface area contributed by atoms with Gasteiger partial charge in [-0.1, -0.05) is 6.07 Å². The van der Waals surface area contributed by atoms with Gasteiger partial charge in [0.2, 0.25) is 5.91 Å². The maximum atomic E-state index is 12.5. The Kier molecular flexibility index (Phi) is 4.71. The Hall–Kier alpha value is -2.67. The molecule has 1 saturated heterocycles. The highest BCUT2D eigenvalue weighted by Gasteiger charge is 2.29. The Morgan fingerprint density at radius 1 is 1.12 bits per heavy atom. The van der Waals surface area contributed by atoms with Crippen LogP contribution >= 0.6 is 0 Å². The molecule has 2 aromatic rings. The molecule has 1 aliphatic carbocycles. The summed E-state index contributed by atoms with van der Waals surface area (Å²) in [6.07, 6.45) is 5.96. The van der Waals surface area contributed by atoms with Crippen LogP contribution in [0.4, 0.5) is 11.4 Å². The quantitative estimate of drug-likeness (QED) is 0.770. The Balaban J connectivity index is 1.39. The van der Waals surface area contributed by atoms with Crippen molar-refractivity contribution in [2.45, 2.75) is 31.7 Å². The summed E-state index contributed by atoms with van der Waals surface area (Å²) in [7, 11) is 0. The Bertz CT molecular complexity index is 806. The fourth-order valence-corrected chi connectivity index (χ4v) is 3.18. The lowest BCUT2D eigenvalue weighted by Gasteiger charge is -2.22. The molecule has 7 nitrogen and oxygen atoms in total. The van der Waals surface area contributed by atoms with Crippen molar-refractivity contribution in [1.82, 2.24) is 15.1 Å². The molecule has 1 aromatic heterocycles. The van der Waals surface area contributed by atoms with E-state index in [-0.39, 0.29) is 17.7 Å². The van der Waals surface area contributed by atoms with Gasteiger partial charge < -0.3 is 16.0 Å². The van der Waals surface area contributed by atoms with E-state index in [0.717, 1.165) is 38.8 Å². The molecule has 1 saturated carbocycles. The van der Waals surface area contributed by atoms with Gasteiger partial charge in [0.15, 0.2) is 5.69 Å². The second-order valence-corrected chi connectivity index (χ2v) is 6.98. The lowest BCUT2D eigenvalue weighted by atomic mass is 10.1. The molecule has 136 valence electrons. The molecule has 1 unspecified atom stereocenters. The lowest BCUT2D eigenvalue weighted by molar-refractivity contribution is -0.117. The molecule has 0 bridgehead atoms. The van der Waals surface area contributed by atoms with E-state index in [1.165, 1.54) is 0 Å². The fourth-order valence-electron chi connectivity index (χ4n) is 3.18. The number of rotatable bonds is 5. The average molecular weight is 353 g/mol. The van der Waals surface area contributed by atoms with Gasteiger partial charge in [0, 0.05) is 30.0 Å². The van der Waals surface area contributed by atoms with Crippen molar-refractivity contribution in [2.75, 3.05) is 23.7 Å². The third-order valence-electron chi connectivity index (χ3n) is 4.82. The van der Waals surface area contributed by atoms with Crippen LogP contribution in [0.25, 0.3) is 0 Å². The zero-order valence-corrected chi connectivity index (χ0v) is 14.6. The molecule has 0 radical (unpaired) electrons. The molecule has 2 aliphatic rings.